The van der Waals surface area contributed by atoms with E-state index < -0.39 is 17.9 Å². The molecule has 0 bridgehead atoms. The van der Waals surface area contributed by atoms with Gasteiger partial charge in [0, 0.05) is 11.4 Å². The van der Waals surface area contributed by atoms with E-state index in [0.717, 1.165) is 8.66 Å². The molecule has 1 rings (SSSR count). The first-order chi connectivity index (χ1) is 7.99. The summed E-state index contributed by atoms with van der Waals surface area (Å²) in [7, 11) is 0. The van der Waals surface area contributed by atoms with Crippen molar-refractivity contribution in [3.8, 4) is 0 Å². The van der Waals surface area contributed by atoms with Gasteiger partial charge >= 0.3 is 5.97 Å². The number of carbonyl (C=O) groups is 2. The molecule has 1 aromatic heterocycles. The maximum absolute atomic E-state index is 11.4. The van der Waals surface area contributed by atoms with Gasteiger partial charge < -0.3 is 16.2 Å². The average Bonchev–Trinajstić information content (AvgIpc) is 2.63. The van der Waals surface area contributed by atoms with Crippen molar-refractivity contribution >= 4 is 39.1 Å². The summed E-state index contributed by atoms with van der Waals surface area (Å²) in [6.45, 7) is 0.457. The van der Waals surface area contributed by atoms with E-state index in [0.29, 0.717) is 13.0 Å². The summed E-state index contributed by atoms with van der Waals surface area (Å²) in [4.78, 5) is 22.9. The molecule has 5 nitrogen and oxygen atoms in total. The number of nitrogens with two attached hydrogens (primary N) is 1. The van der Waals surface area contributed by atoms with E-state index in [1.807, 2.05) is 12.1 Å². The van der Waals surface area contributed by atoms with Crippen LogP contribution in [0.3, 0.4) is 0 Å². The second kappa shape index (κ2) is 6.73. The standard InChI is InChI=1S/C10H13BrN2O3S/c11-8-2-1-6(17-8)3-4-13-10(16)7(12)5-9(14)15/h1-2,7H,3-5,12H2,(H,13,16)(H,14,15). The number of aliphatic carboxylic acids is 1. The molecule has 0 aliphatic heterocycles. The Kier molecular flexibility index (Phi) is 5.60. The summed E-state index contributed by atoms with van der Waals surface area (Å²) in [5.74, 6) is -1.50. The molecule has 94 valence electrons. The van der Waals surface area contributed by atoms with Gasteiger partial charge in [-0.2, -0.15) is 0 Å². The number of carboxylic acid groups (broad SMARTS) is 1. The van der Waals surface area contributed by atoms with Crippen molar-refractivity contribution < 1.29 is 14.7 Å². The van der Waals surface area contributed by atoms with Gasteiger partial charge in [-0.15, -0.1) is 11.3 Å². The van der Waals surface area contributed by atoms with E-state index >= 15 is 0 Å². The largest absolute Gasteiger partial charge is 0.481 e. The zero-order valence-corrected chi connectivity index (χ0v) is 11.4. The van der Waals surface area contributed by atoms with Crippen LogP contribution in [0, 0.1) is 0 Å². The molecule has 0 radical (unpaired) electrons. The van der Waals surface area contributed by atoms with Crippen molar-refractivity contribution in [3.05, 3.63) is 20.8 Å². The summed E-state index contributed by atoms with van der Waals surface area (Å²) in [5.41, 5.74) is 5.40. The molecular formula is C10H13BrN2O3S. The van der Waals surface area contributed by atoms with E-state index in [9.17, 15) is 9.59 Å². The van der Waals surface area contributed by atoms with Crippen molar-refractivity contribution in [2.75, 3.05) is 6.54 Å². The highest BCUT2D eigenvalue weighted by Gasteiger charge is 2.16. The minimum absolute atomic E-state index is 0.351. The number of carbonyl (C=O) groups excluding carboxylic acids is 1. The lowest BCUT2D eigenvalue weighted by Crippen LogP contribution is -2.42. The number of halogens is 1. The number of nitrogens with one attached hydrogen (secondary N) is 1. The summed E-state index contributed by atoms with van der Waals surface area (Å²) < 4.78 is 1.04. The fraction of sp³-hybridized carbons (Fsp3) is 0.400. The lowest BCUT2D eigenvalue weighted by Gasteiger charge is -2.09. The van der Waals surface area contributed by atoms with Crippen LogP contribution >= 0.6 is 27.3 Å². The van der Waals surface area contributed by atoms with E-state index in [-0.39, 0.29) is 6.42 Å². The zero-order chi connectivity index (χ0) is 12.8. The number of rotatable bonds is 6. The van der Waals surface area contributed by atoms with Crippen LogP contribution in [-0.2, 0) is 16.0 Å². The average molecular weight is 321 g/mol. The quantitative estimate of drug-likeness (QED) is 0.728. The molecule has 1 heterocycles. The van der Waals surface area contributed by atoms with Crippen molar-refractivity contribution in [1.82, 2.24) is 5.32 Å². The molecule has 0 spiro atoms. The molecule has 7 heteroatoms. The Morgan fingerprint density at radius 1 is 1.53 bits per heavy atom. The van der Waals surface area contributed by atoms with Gasteiger partial charge in [0.25, 0.3) is 0 Å². The van der Waals surface area contributed by atoms with E-state index in [1.165, 1.54) is 0 Å². The van der Waals surface area contributed by atoms with Crippen LogP contribution in [0.2, 0.25) is 0 Å². The van der Waals surface area contributed by atoms with Gasteiger partial charge in [0.1, 0.15) is 0 Å². The van der Waals surface area contributed by atoms with Gasteiger partial charge in [0.05, 0.1) is 16.2 Å². The van der Waals surface area contributed by atoms with E-state index in [4.69, 9.17) is 10.8 Å². The van der Waals surface area contributed by atoms with Gasteiger partial charge in [0.15, 0.2) is 0 Å². The Hall–Kier alpha value is -0.920. The summed E-state index contributed by atoms with van der Waals surface area (Å²) in [6.07, 6.45) is 0.359. The predicted molar refractivity (Wildman–Crippen MR) is 69.0 cm³/mol. The Balaban J connectivity index is 2.26. The Labute approximate surface area is 111 Å². The number of thiophene rings is 1. The van der Waals surface area contributed by atoms with E-state index in [1.54, 1.807) is 11.3 Å². The van der Waals surface area contributed by atoms with Crippen molar-refractivity contribution in [1.29, 1.82) is 0 Å². The van der Waals surface area contributed by atoms with Crippen molar-refractivity contribution in [3.63, 3.8) is 0 Å². The summed E-state index contributed by atoms with van der Waals surface area (Å²) >= 11 is 4.95. The number of hydrogen-bond donors (Lipinski definition) is 3. The first-order valence-corrected chi connectivity index (χ1v) is 6.59. The molecule has 1 unspecified atom stereocenters. The van der Waals surface area contributed by atoms with E-state index in [2.05, 4.69) is 21.2 Å². The summed E-state index contributed by atoms with van der Waals surface area (Å²) in [6, 6.07) is 2.93. The van der Waals surface area contributed by atoms with Crippen LogP contribution in [-0.4, -0.2) is 29.6 Å². The topological polar surface area (TPSA) is 92.4 Å². The zero-order valence-electron chi connectivity index (χ0n) is 8.98. The summed E-state index contributed by atoms with van der Waals surface area (Å²) in [5, 5.41) is 11.1. The lowest BCUT2D eigenvalue weighted by molar-refractivity contribution is -0.139. The minimum Gasteiger partial charge on any atom is -0.481 e. The first-order valence-electron chi connectivity index (χ1n) is 4.98. The molecule has 1 atom stereocenters. The highest BCUT2D eigenvalue weighted by Crippen LogP contribution is 2.21. The highest BCUT2D eigenvalue weighted by atomic mass is 79.9. The number of hydrogen-bond acceptors (Lipinski definition) is 4. The molecule has 0 fully saturated rings. The van der Waals surface area contributed by atoms with Crippen LogP contribution < -0.4 is 11.1 Å². The Morgan fingerprint density at radius 2 is 2.24 bits per heavy atom. The maximum atomic E-state index is 11.4. The Bertz CT molecular complexity index is 408. The molecule has 1 amide bonds. The Morgan fingerprint density at radius 3 is 2.76 bits per heavy atom. The third-order valence-corrected chi connectivity index (χ3v) is 3.71. The second-order valence-corrected chi connectivity index (χ2v) is 6.00. The van der Waals surface area contributed by atoms with Crippen molar-refractivity contribution in [2.45, 2.75) is 18.9 Å². The minimum atomic E-state index is -1.07. The highest BCUT2D eigenvalue weighted by molar-refractivity contribution is 9.11. The normalized spacial score (nSPS) is 12.1. The molecule has 0 saturated heterocycles. The monoisotopic (exact) mass is 320 g/mol. The fourth-order valence-corrected chi connectivity index (χ4v) is 2.69. The van der Waals surface area contributed by atoms with Crippen LogP contribution in [0.25, 0.3) is 0 Å². The molecule has 4 N–H and O–H groups in total. The third kappa shape index (κ3) is 5.29. The van der Waals surface area contributed by atoms with Crippen LogP contribution in [0.1, 0.15) is 11.3 Å². The van der Waals surface area contributed by atoms with Gasteiger partial charge in [0.2, 0.25) is 5.91 Å². The van der Waals surface area contributed by atoms with Crippen LogP contribution in [0.4, 0.5) is 0 Å². The smallest absolute Gasteiger partial charge is 0.305 e. The van der Waals surface area contributed by atoms with Crippen molar-refractivity contribution in [2.24, 2.45) is 5.73 Å². The SMILES string of the molecule is NC(CC(=O)O)C(=O)NCCc1ccc(Br)s1. The van der Waals surface area contributed by atoms with Crippen LogP contribution in [0.5, 0.6) is 0 Å². The predicted octanol–water partition coefficient (Wildman–Crippen LogP) is 0.971. The maximum Gasteiger partial charge on any atom is 0.305 e. The van der Waals surface area contributed by atoms with Gasteiger partial charge in [-0.1, -0.05) is 0 Å². The second-order valence-electron chi connectivity index (χ2n) is 3.45. The van der Waals surface area contributed by atoms with Gasteiger partial charge in [-0.25, -0.2) is 0 Å². The molecule has 0 aliphatic rings. The molecule has 1 aromatic rings. The lowest BCUT2D eigenvalue weighted by atomic mass is 10.2. The first kappa shape index (κ1) is 14.1. The fourth-order valence-electron chi connectivity index (χ4n) is 1.21. The molecule has 0 aliphatic carbocycles. The van der Waals surface area contributed by atoms with Gasteiger partial charge in [-0.05, 0) is 34.5 Å². The third-order valence-electron chi connectivity index (χ3n) is 2.03. The molecule has 0 saturated carbocycles. The number of carboxylic acids is 1. The van der Waals surface area contributed by atoms with Gasteiger partial charge in [-0.3, -0.25) is 9.59 Å². The number of amides is 1. The molecule has 17 heavy (non-hydrogen) atoms. The molecular weight excluding hydrogens is 308 g/mol. The van der Waals surface area contributed by atoms with Crippen LogP contribution in [0.15, 0.2) is 15.9 Å². The molecule has 0 aromatic carbocycles.